The maximum Gasteiger partial charge on any atom is 0.303 e. The van der Waals surface area contributed by atoms with E-state index in [0.717, 1.165) is 12.0 Å². The number of carboxylic acid groups (broad SMARTS) is 1. The van der Waals surface area contributed by atoms with Gasteiger partial charge in [-0.25, -0.2) is 0 Å². The van der Waals surface area contributed by atoms with Crippen LogP contribution >= 0.6 is 0 Å². The quantitative estimate of drug-likeness (QED) is 0.899. The molecule has 0 spiro atoms. The van der Waals surface area contributed by atoms with E-state index in [-0.39, 0.29) is 6.42 Å². The number of benzene rings is 2. The lowest BCUT2D eigenvalue weighted by atomic mass is 10.1. The number of carbonyl (C=O) groups is 1. The second kappa shape index (κ2) is 8.92. The van der Waals surface area contributed by atoms with E-state index in [9.17, 15) is 4.79 Å². The van der Waals surface area contributed by atoms with E-state index < -0.39 is 5.97 Å². The molecule has 0 unspecified atom stereocenters. The Balaban J connectivity index is 0.000000200. The van der Waals surface area contributed by atoms with Crippen molar-refractivity contribution in [3.8, 4) is 0 Å². The zero-order valence-corrected chi connectivity index (χ0v) is 11.3. The highest BCUT2D eigenvalue weighted by Gasteiger charge is 1.96. The van der Waals surface area contributed by atoms with E-state index in [0.29, 0.717) is 6.42 Å². The van der Waals surface area contributed by atoms with Crippen LogP contribution in [-0.2, 0) is 17.6 Å². The van der Waals surface area contributed by atoms with Crippen molar-refractivity contribution in [2.45, 2.75) is 26.2 Å². The van der Waals surface area contributed by atoms with Crippen molar-refractivity contribution in [3.63, 3.8) is 0 Å². The second-order valence-corrected chi connectivity index (χ2v) is 4.22. The number of aliphatic carboxylic acids is 1. The molecule has 0 aliphatic rings. The first kappa shape index (κ1) is 15.0. The minimum absolute atomic E-state index is 0.212. The van der Waals surface area contributed by atoms with Crippen molar-refractivity contribution in [1.82, 2.24) is 0 Å². The van der Waals surface area contributed by atoms with Crippen LogP contribution in [0.2, 0.25) is 0 Å². The van der Waals surface area contributed by atoms with Crippen LogP contribution in [0.5, 0.6) is 0 Å². The van der Waals surface area contributed by atoms with Crippen LogP contribution in [0.25, 0.3) is 0 Å². The molecule has 2 aromatic rings. The summed E-state index contributed by atoms with van der Waals surface area (Å²) in [6, 6.07) is 20.1. The van der Waals surface area contributed by atoms with Crippen molar-refractivity contribution in [1.29, 1.82) is 0 Å². The number of hydrogen-bond donors (Lipinski definition) is 1. The molecule has 19 heavy (non-hydrogen) atoms. The van der Waals surface area contributed by atoms with E-state index in [4.69, 9.17) is 5.11 Å². The van der Waals surface area contributed by atoms with Crippen molar-refractivity contribution in [2.24, 2.45) is 0 Å². The van der Waals surface area contributed by atoms with Gasteiger partial charge in [-0.15, -0.1) is 0 Å². The van der Waals surface area contributed by atoms with Crippen LogP contribution in [0.1, 0.15) is 24.5 Å². The summed E-state index contributed by atoms with van der Waals surface area (Å²) in [5, 5.41) is 8.37. The molecule has 0 aliphatic heterocycles. The lowest BCUT2D eigenvalue weighted by Crippen LogP contribution is -1.96. The van der Waals surface area contributed by atoms with Gasteiger partial charge in [0.25, 0.3) is 0 Å². The Hall–Kier alpha value is -2.09. The Labute approximate surface area is 114 Å². The molecule has 0 amide bonds. The van der Waals surface area contributed by atoms with E-state index in [1.807, 2.05) is 36.4 Å². The van der Waals surface area contributed by atoms with Gasteiger partial charge in [0.1, 0.15) is 0 Å². The topological polar surface area (TPSA) is 37.3 Å². The summed E-state index contributed by atoms with van der Waals surface area (Å²) in [4.78, 5) is 10.2. The van der Waals surface area contributed by atoms with Gasteiger partial charge in [0.05, 0.1) is 0 Å². The number of aryl methyl sites for hydroxylation is 2. The Kier molecular flexibility index (Phi) is 7.03. The Bertz CT molecular complexity index is 463. The molecular weight excluding hydrogens is 236 g/mol. The zero-order chi connectivity index (χ0) is 13.9. The molecule has 2 aromatic carbocycles. The first-order chi connectivity index (χ1) is 9.22. The van der Waals surface area contributed by atoms with Gasteiger partial charge in [0, 0.05) is 6.42 Å². The van der Waals surface area contributed by atoms with Gasteiger partial charge in [-0.3, -0.25) is 4.79 Å². The average Bonchev–Trinajstić information content (AvgIpc) is 2.48. The van der Waals surface area contributed by atoms with Gasteiger partial charge in [-0.2, -0.15) is 0 Å². The molecular formula is C17H20O2. The van der Waals surface area contributed by atoms with Crippen LogP contribution in [0, 0.1) is 0 Å². The fraction of sp³-hybridized carbons (Fsp3) is 0.235. The van der Waals surface area contributed by atoms with Crippen LogP contribution in [-0.4, -0.2) is 11.1 Å². The van der Waals surface area contributed by atoms with E-state index in [1.165, 1.54) is 5.56 Å². The average molecular weight is 256 g/mol. The lowest BCUT2D eigenvalue weighted by Gasteiger charge is -1.95. The molecule has 0 aromatic heterocycles. The summed E-state index contributed by atoms with van der Waals surface area (Å²) in [6.07, 6.45) is 1.97. The van der Waals surface area contributed by atoms with E-state index >= 15 is 0 Å². The summed E-state index contributed by atoms with van der Waals surface area (Å²) in [6.45, 7) is 2.16. The SMILES string of the molecule is CCc1ccccc1.O=C(O)CCc1ccccc1. The van der Waals surface area contributed by atoms with Crippen LogP contribution < -0.4 is 0 Å². The Morgan fingerprint density at radius 1 is 0.895 bits per heavy atom. The molecule has 0 atom stereocenters. The molecule has 2 rings (SSSR count). The zero-order valence-electron chi connectivity index (χ0n) is 11.3. The highest BCUT2D eigenvalue weighted by atomic mass is 16.4. The number of carboxylic acids is 1. The minimum Gasteiger partial charge on any atom is -0.481 e. The lowest BCUT2D eigenvalue weighted by molar-refractivity contribution is -0.136. The number of hydrogen-bond acceptors (Lipinski definition) is 1. The van der Waals surface area contributed by atoms with Crippen molar-refractivity contribution in [3.05, 3.63) is 71.8 Å². The minimum atomic E-state index is -0.742. The highest BCUT2D eigenvalue weighted by Crippen LogP contribution is 2.01. The molecule has 0 heterocycles. The Morgan fingerprint density at radius 2 is 1.37 bits per heavy atom. The maximum absolute atomic E-state index is 10.2. The molecule has 0 radical (unpaired) electrons. The van der Waals surface area contributed by atoms with Crippen LogP contribution in [0.15, 0.2) is 60.7 Å². The molecule has 2 nitrogen and oxygen atoms in total. The molecule has 0 fully saturated rings. The van der Waals surface area contributed by atoms with Gasteiger partial charge in [-0.05, 0) is 24.0 Å². The van der Waals surface area contributed by atoms with Crippen molar-refractivity contribution < 1.29 is 9.90 Å². The summed E-state index contributed by atoms with van der Waals surface area (Å²) in [5.74, 6) is -0.742. The van der Waals surface area contributed by atoms with Crippen LogP contribution in [0.3, 0.4) is 0 Å². The van der Waals surface area contributed by atoms with E-state index in [2.05, 4.69) is 31.2 Å². The normalized spacial score (nSPS) is 9.32. The molecule has 0 bridgehead atoms. The first-order valence-corrected chi connectivity index (χ1v) is 6.52. The Morgan fingerprint density at radius 3 is 1.74 bits per heavy atom. The predicted octanol–water partition coefficient (Wildman–Crippen LogP) is 3.95. The van der Waals surface area contributed by atoms with Gasteiger partial charge in [0.15, 0.2) is 0 Å². The summed E-state index contributed by atoms with van der Waals surface area (Å²) < 4.78 is 0. The van der Waals surface area contributed by atoms with Crippen molar-refractivity contribution in [2.75, 3.05) is 0 Å². The van der Waals surface area contributed by atoms with Gasteiger partial charge >= 0.3 is 5.97 Å². The third-order valence-electron chi connectivity index (χ3n) is 2.72. The third kappa shape index (κ3) is 7.04. The maximum atomic E-state index is 10.2. The first-order valence-electron chi connectivity index (χ1n) is 6.52. The van der Waals surface area contributed by atoms with Gasteiger partial charge in [-0.1, -0.05) is 67.6 Å². The summed E-state index contributed by atoms with van der Waals surface area (Å²) >= 11 is 0. The van der Waals surface area contributed by atoms with Crippen LogP contribution in [0.4, 0.5) is 0 Å². The molecule has 1 N–H and O–H groups in total. The molecule has 2 heteroatoms. The molecule has 0 saturated carbocycles. The number of rotatable bonds is 4. The van der Waals surface area contributed by atoms with Crippen molar-refractivity contribution >= 4 is 5.97 Å². The standard InChI is InChI=1S/C9H10O2.C8H10/c10-9(11)7-6-8-4-2-1-3-5-8;1-2-8-6-4-3-5-7-8/h1-5H,6-7H2,(H,10,11);3-7H,2H2,1H3. The molecule has 100 valence electrons. The highest BCUT2D eigenvalue weighted by molar-refractivity contribution is 5.67. The summed E-state index contributed by atoms with van der Waals surface area (Å²) in [7, 11) is 0. The largest absolute Gasteiger partial charge is 0.481 e. The third-order valence-corrected chi connectivity index (χ3v) is 2.72. The fourth-order valence-corrected chi connectivity index (χ4v) is 1.61. The monoisotopic (exact) mass is 256 g/mol. The summed E-state index contributed by atoms with van der Waals surface area (Å²) in [5.41, 5.74) is 2.49. The smallest absolute Gasteiger partial charge is 0.303 e. The van der Waals surface area contributed by atoms with Gasteiger partial charge < -0.3 is 5.11 Å². The second-order valence-electron chi connectivity index (χ2n) is 4.22. The molecule has 0 aliphatic carbocycles. The van der Waals surface area contributed by atoms with Gasteiger partial charge in [0.2, 0.25) is 0 Å². The fourth-order valence-electron chi connectivity index (χ4n) is 1.61. The molecule has 0 saturated heterocycles. The van der Waals surface area contributed by atoms with E-state index in [1.54, 1.807) is 0 Å². The predicted molar refractivity (Wildman–Crippen MR) is 78.2 cm³/mol.